The maximum atomic E-state index is 12.1. The topological polar surface area (TPSA) is 137 Å². The Bertz CT molecular complexity index is 783. The number of hydrogen-bond acceptors (Lipinski definition) is 8. The summed E-state index contributed by atoms with van der Waals surface area (Å²) in [5, 5.41) is 29.9. The van der Waals surface area contributed by atoms with Crippen molar-refractivity contribution in [3.63, 3.8) is 0 Å². The van der Waals surface area contributed by atoms with Gasteiger partial charge in [0.25, 0.3) is 5.56 Å². The number of ether oxygens (including phenoxy) is 1. The molecule has 3 rings (SSSR count). The van der Waals surface area contributed by atoms with Gasteiger partial charge >= 0.3 is 0 Å². The summed E-state index contributed by atoms with van der Waals surface area (Å²) in [6.07, 6.45) is -1.98. The van der Waals surface area contributed by atoms with Crippen molar-refractivity contribution in [2.75, 3.05) is 25.6 Å². The van der Waals surface area contributed by atoms with Gasteiger partial charge in [0.2, 0.25) is 5.95 Å². The molecule has 10 heteroatoms. The van der Waals surface area contributed by atoms with E-state index in [0.717, 1.165) is 0 Å². The summed E-state index contributed by atoms with van der Waals surface area (Å²) in [6, 6.07) is 0. The van der Waals surface area contributed by atoms with Crippen LogP contribution in [0.5, 0.6) is 0 Å². The van der Waals surface area contributed by atoms with Crippen molar-refractivity contribution < 1.29 is 20.1 Å². The van der Waals surface area contributed by atoms with Gasteiger partial charge in [-0.1, -0.05) is 0 Å². The maximum absolute atomic E-state index is 12.1. The quantitative estimate of drug-likeness (QED) is 0.518. The Hall–Kier alpha value is -2.01. The highest BCUT2D eigenvalue weighted by Crippen LogP contribution is 2.37. The number of aromatic nitrogens is 4. The lowest BCUT2D eigenvalue weighted by Crippen LogP contribution is -2.46. The summed E-state index contributed by atoms with van der Waals surface area (Å²) in [4.78, 5) is 24.6. The van der Waals surface area contributed by atoms with Crippen molar-refractivity contribution in [3.05, 3.63) is 16.7 Å². The third-order valence-corrected chi connectivity index (χ3v) is 4.11. The maximum Gasteiger partial charge on any atom is 0.280 e. The Balaban J connectivity index is 2.12. The molecule has 4 N–H and O–H groups in total. The smallest absolute Gasteiger partial charge is 0.280 e. The molecule has 2 aromatic heterocycles. The Morgan fingerprint density at radius 1 is 1.52 bits per heavy atom. The number of anilines is 1. The molecule has 126 valence electrons. The molecule has 0 unspecified atom stereocenters. The molecule has 2 aromatic rings. The Morgan fingerprint density at radius 2 is 2.22 bits per heavy atom. The molecule has 10 nitrogen and oxygen atoms in total. The SMILES string of the molecule is CN(C)c1nc2c(ncn2[C@@H]2O[C@H](CO)[C@@](C)(O)[C@H]2O)c(=O)[nH]1. The van der Waals surface area contributed by atoms with Gasteiger partial charge in [-0.05, 0) is 6.92 Å². The van der Waals surface area contributed by atoms with E-state index >= 15 is 0 Å². The van der Waals surface area contributed by atoms with E-state index < -0.39 is 36.2 Å². The van der Waals surface area contributed by atoms with E-state index in [2.05, 4.69) is 15.0 Å². The summed E-state index contributed by atoms with van der Waals surface area (Å²) in [5.74, 6) is 0.321. The minimum Gasteiger partial charge on any atom is -0.394 e. The molecule has 0 saturated carbocycles. The van der Waals surface area contributed by atoms with Gasteiger partial charge in [0.05, 0.1) is 12.9 Å². The van der Waals surface area contributed by atoms with Crippen LogP contribution in [0, 0.1) is 0 Å². The first-order valence-electron chi connectivity index (χ1n) is 7.08. The first-order chi connectivity index (χ1) is 10.8. The van der Waals surface area contributed by atoms with E-state index in [4.69, 9.17) is 4.74 Å². The number of fused-ring (bicyclic) bond motifs is 1. The van der Waals surface area contributed by atoms with Crippen molar-refractivity contribution in [1.82, 2.24) is 19.5 Å². The number of nitrogens with zero attached hydrogens (tertiary/aromatic N) is 4. The fourth-order valence-corrected chi connectivity index (χ4v) is 2.62. The third-order valence-electron chi connectivity index (χ3n) is 4.11. The lowest BCUT2D eigenvalue weighted by atomic mass is 9.95. The van der Waals surface area contributed by atoms with Crippen molar-refractivity contribution in [3.8, 4) is 0 Å². The zero-order chi connectivity index (χ0) is 16.9. The number of imidazole rings is 1. The minimum absolute atomic E-state index is 0.0958. The van der Waals surface area contributed by atoms with Crippen molar-refractivity contribution in [2.45, 2.75) is 31.0 Å². The summed E-state index contributed by atoms with van der Waals surface area (Å²) in [7, 11) is 3.44. The molecule has 23 heavy (non-hydrogen) atoms. The molecular weight excluding hydrogens is 306 g/mol. The second kappa shape index (κ2) is 5.27. The number of H-pyrrole nitrogens is 1. The van der Waals surface area contributed by atoms with E-state index in [9.17, 15) is 20.1 Å². The Labute approximate surface area is 131 Å². The highest BCUT2D eigenvalue weighted by molar-refractivity contribution is 5.71. The molecule has 1 aliphatic heterocycles. The van der Waals surface area contributed by atoms with Gasteiger partial charge < -0.3 is 25.0 Å². The fourth-order valence-electron chi connectivity index (χ4n) is 2.62. The van der Waals surface area contributed by atoms with E-state index in [0.29, 0.717) is 5.95 Å². The number of aromatic amines is 1. The molecule has 3 heterocycles. The number of aliphatic hydroxyl groups is 3. The van der Waals surface area contributed by atoms with Crippen LogP contribution in [0.1, 0.15) is 13.2 Å². The molecule has 0 amide bonds. The predicted molar refractivity (Wildman–Crippen MR) is 80.1 cm³/mol. The zero-order valence-corrected chi connectivity index (χ0v) is 13.0. The average Bonchev–Trinajstić information content (AvgIpc) is 3.00. The van der Waals surface area contributed by atoms with Crippen LogP contribution in [0.2, 0.25) is 0 Å². The predicted octanol–water partition coefficient (Wildman–Crippen LogP) is -1.81. The van der Waals surface area contributed by atoms with Crippen LogP contribution in [0.15, 0.2) is 11.1 Å². The number of nitrogens with one attached hydrogen (secondary N) is 1. The number of rotatable bonds is 3. The standard InChI is InChI=1S/C13H19N5O5/c1-13(22)6(4-19)23-11(8(13)20)18-5-14-7-9(18)15-12(17(2)3)16-10(7)21/h5-6,8,11,19-20,22H,4H2,1-3H3,(H,15,16,21)/t6-,8+,11-,13-/m1/s1. The highest BCUT2D eigenvalue weighted by Gasteiger charge is 2.52. The van der Waals surface area contributed by atoms with E-state index in [-0.39, 0.29) is 11.2 Å². The van der Waals surface area contributed by atoms with Gasteiger partial charge in [-0.25, -0.2) is 4.98 Å². The largest absolute Gasteiger partial charge is 0.394 e. The number of aliphatic hydroxyl groups excluding tert-OH is 2. The van der Waals surface area contributed by atoms with E-state index in [1.165, 1.54) is 17.8 Å². The fraction of sp³-hybridized carbons (Fsp3) is 0.615. The molecule has 1 saturated heterocycles. The van der Waals surface area contributed by atoms with Gasteiger partial charge in [0.15, 0.2) is 17.4 Å². The summed E-state index contributed by atoms with van der Waals surface area (Å²) >= 11 is 0. The first-order valence-corrected chi connectivity index (χ1v) is 7.08. The molecule has 0 aliphatic carbocycles. The van der Waals surface area contributed by atoms with Crippen LogP contribution in [0.3, 0.4) is 0 Å². The average molecular weight is 325 g/mol. The Kier molecular flexibility index (Phi) is 3.64. The van der Waals surface area contributed by atoms with Crippen LogP contribution >= 0.6 is 0 Å². The van der Waals surface area contributed by atoms with Gasteiger partial charge in [-0.3, -0.25) is 14.3 Å². The van der Waals surface area contributed by atoms with Crippen molar-refractivity contribution in [1.29, 1.82) is 0 Å². The second-order valence-corrected chi connectivity index (χ2v) is 5.98. The van der Waals surface area contributed by atoms with Crippen molar-refractivity contribution >= 4 is 17.1 Å². The first kappa shape index (κ1) is 15.9. The van der Waals surface area contributed by atoms with Gasteiger partial charge in [0.1, 0.15) is 17.8 Å². The molecule has 4 atom stereocenters. The van der Waals surface area contributed by atoms with Crippen LogP contribution in [-0.2, 0) is 4.74 Å². The van der Waals surface area contributed by atoms with Gasteiger partial charge in [0, 0.05) is 14.1 Å². The lowest BCUT2D eigenvalue weighted by Gasteiger charge is -2.25. The van der Waals surface area contributed by atoms with Gasteiger partial charge in [-0.15, -0.1) is 0 Å². The third kappa shape index (κ3) is 2.30. The molecule has 1 aliphatic rings. The Morgan fingerprint density at radius 3 is 2.78 bits per heavy atom. The van der Waals surface area contributed by atoms with Crippen LogP contribution < -0.4 is 10.5 Å². The molecule has 0 radical (unpaired) electrons. The molecule has 0 aromatic carbocycles. The normalized spacial score (nSPS) is 31.0. The number of hydrogen-bond donors (Lipinski definition) is 4. The summed E-state index contributed by atoms with van der Waals surface area (Å²) in [6.45, 7) is 0.924. The van der Waals surface area contributed by atoms with Crippen molar-refractivity contribution in [2.24, 2.45) is 0 Å². The monoisotopic (exact) mass is 325 g/mol. The summed E-state index contributed by atoms with van der Waals surface area (Å²) in [5.41, 5.74) is -1.74. The van der Waals surface area contributed by atoms with E-state index in [1.54, 1.807) is 19.0 Å². The minimum atomic E-state index is -1.64. The molecule has 0 spiro atoms. The summed E-state index contributed by atoms with van der Waals surface area (Å²) < 4.78 is 6.92. The van der Waals surface area contributed by atoms with E-state index in [1.807, 2.05) is 0 Å². The molecular formula is C13H19N5O5. The lowest BCUT2D eigenvalue weighted by molar-refractivity contribution is -0.0804. The zero-order valence-electron chi connectivity index (χ0n) is 13.0. The molecule has 0 bridgehead atoms. The molecule has 1 fully saturated rings. The van der Waals surface area contributed by atoms with Crippen LogP contribution in [0.25, 0.3) is 11.2 Å². The highest BCUT2D eigenvalue weighted by atomic mass is 16.6. The van der Waals surface area contributed by atoms with Crippen LogP contribution in [0.4, 0.5) is 5.95 Å². The second-order valence-electron chi connectivity index (χ2n) is 5.98. The van der Waals surface area contributed by atoms with Crippen LogP contribution in [-0.4, -0.2) is 73.3 Å². The van der Waals surface area contributed by atoms with Gasteiger partial charge in [-0.2, -0.15) is 4.98 Å².